The quantitative estimate of drug-likeness (QED) is 0.584. The number of rotatable bonds is 7. The summed E-state index contributed by atoms with van der Waals surface area (Å²) in [5, 5.41) is 7.21. The molecule has 0 aliphatic carbocycles. The van der Waals surface area contributed by atoms with Gasteiger partial charge in [-0.15, -0.1) is 0 Å². The average Bonchev–Trinajstić information content (AvgIpc) is 2.57. The summed E-state index contributed by atoms with van der Waals surface area (Å²) in [5.74, 6) is 0.420. The van der Waals surface area contributed by atoms with Gasteiger partial charge in [-0.2, -0.15) is 0 Å². The molecule has 0 unspecified atom stereocenters. The minimum absolute atomic E-state index is 0.220. The Kier molecular flexibility index (Phi) is 6.90. The first-order valence-electron chi connectivity index (χ1n) is 7.22. The number of hydrogen-bond donors (Lipinski definition) is 1. The first-order valence-corrected chi connectivity index (χ1v) is 7.97. The molecule has 24 heavy (non-hydrogen) atoms. The molecule has 7 heteroatoms. The summed E-state index contributed by atoms with van der Waals surface area (Å²) in [6.07, 6.45) is 1.40. The summed E-state index contributed by atoms with van der Waals surface area (Å²) in [6.45, 7) is 2.28. The summed E-state index contributed by atoms with van der Waals surface area (Å²) in [7, 11) is 0. The van der Waals surface area contributed by atoms with E-state index in [0.29, 0.717) is 27.9 Å². The first-order chi connectivity index (χ1) is 11.6. The minimum atomic E-state index is -0.325. The van der Waals surface area contributed by atoms with E-state index in [-0.39, 0.29) is 12.5 Å². The lowest BCUT2D eigenvalue weighted by Gasteiger charge is -2.06. The molecule has 0 fully saturated rings. The van der Waals surface area contributed by atoms with E-state index < -0.39 is 0 Å². The third-order valence-electron chi connectivity index (χ3n) is 2.89. The molecule has 2 rings (SSSR count). The van der Waals surface area contributed by atoms with E-state index in [2.05, 4.69) is 10.5 Å². The smallest absolute Gasteiger partial charge is 0.265 e. The Labute approximate surface area is 150 Å². The third kappa shape index (κ3) is 5.44. The molecule has 0 saturated carbocycles. The molecule has 126 valence electrons. The molecule has 2 aromatic rings. The molecular formula is C17H16Cl2N2O3. The van der Waals surface area contributed by atoms with Gasteiger partial charge in [-0.25, -0.2) is 0 Å². The minimum Gasteiger partial charge on any atom is -0.494 e. The monoisotopic (exact) mass is 366 g/mol. The van der Waals surface area contributed by atoms with E-state index in [0.717, 1.165) is 5.75 Å². The highest BCUT2D eigenvalue weighted by Gasteiger charge is 2.04. The van der Waals surface area contributed by atoms with Crippen molar-refractivity contribution >= 4 is 41.0 Å². The van der Waals surface area contributed by atoms with Crippen molar-refractivity contribution in [2.24, 2.45) is 5.16 Å². The van der Waals surface area contributed by atoms with Crippen LogP contribution in [0.2, 0.25) is 10.0 Å². The zero-order valence-electron chi connectivity index (χ0n) is 13.0. The molecule has 0 aliphatic heterocycles. The number of amides is 1. The van der Waals surface area contributed by atoms with E-state index in [1.165, 1.54) is 6.21 Å². The molecule has 0 radical (unpaired) electrons. The van der Waals surface area contributed by atoms with Crippen LogP contribution in [0.25, 0.3) is 0 Å². The SMILES string of the molecule is CCOc1ccc(NC(=O)CO/N=C\c2cccc(Cl)c2Cl)cc1. The second-order valence-electron chi connectivity index (χ2n) is 4.66. The fourth-order valence-corrected chi connectivity index (χ4v) is 2.16. The third-order valence-corrected chi connectivity index (χ3v) is 3.73. The Balaban J connectivity index is 1.80. The van der Waals surface area contributed by atoms with Gasteiger partial charge in [0.25, 0.3) is 5.91 Å². The number of halogens is 2. The molecule has 0 bridgehead atoms. The van der Waals surface area contributed by atoms with Gasteiger partial charge in [0.15, 0.2) is 6.61 Å². The topological polar surface area (TPSA) is 59.9 Å². The zero-order valence-corrected chi connectivity index (χ0v) is 14.5. The van der Waals surface area contributed by atoms with Crippen LogP contribution in [0.1, 0.15) is 12.5 Å². The molecule has 0 aliphatic rings. The number of oxime groups is 1. The molecule has 1 N–H and O–H groups in total. The van der Waals surface area contributed by atoms with Gasteiger partial charge >= 0.3 is 0 Å². The van der Waals surface area contributed by atoms with Crippen LogP contribution in [0, 0.1) is 0 Å². The maximum absolute atomic E-state index is 11.8. The van der Waals surface area contributed by atoms with E-state index in [9.17, 15) is 4.79 Å². The van der Waals surface area contributed by atoms with Gasteiger partial charge in [0.05, 0.1) is 22.9 Å². The molecule has 0 atom stereocenters. The fraction of sp³-hybridized carbons (Fsp3) is 0.176. The lowest BCUT2D eigenvalue weighted by atomic mass is 10.2. The average molecular weight is 367 g/mol. The molecule has 0 saturated heterocycles. The van der Waals surface area contributed by atoms with Crippen molar-refractivity contribution in [3.63, 3.8) is 0 Å². The van der Waals surface area contributed by atoms with Crippen LogP contribution in [0.3, 0.4) is 0 Å². The van der Waals surface area contributed by atoms with Gasteiger partial charge in [0.1, 0.15) is 5.75 Å². The Morgan fingerprint density at radius 1 is 1.21 bits per heavy atom. The molecule has 5 nitrogen and oxygen atoms in total. The van der Waals surface area contributed by atoms with Crippen LogP contribution in [0.5, 0.6) is 5.75 Å². The number of anilines is 1. The van der Waals surface area contributed by atoms with Gasteiger partial charge in [0.2, 0.25) is 0 Å². The number of benzene rings is 2. The van der Waals surface area contributed by atoms with E-state index in [4.69, 9.17) is 32.8 Å². The number of nitrogens with zero attached hydrogens (tertiary/aromatic N) is 1. The molecule has 2 aromatic carbocycles. The van der Waals surface area contributed by atoms with Crippen LogP contribution >= 0.6 is 23.2 Å². The van der Waals surface area contributed by atoms with Crippen molar-refractivity contribution in [3.05, 3.63) is 58.1 Å². The molecule has 0 heterocycles. The standard InChI is InChI=1S/C17H16Cl2N2O3/c1-2-23-14-8-6-13(7-9-14)21-16(22)11-24-20-10-12-4-3-5-15(18)17(12)19/h3-10H,2,11H2,1H3,(H,21,22)/b20-10-. The summed E-state index contributed by atoms with van der Waals surface area (Å²) >= 11 is 11.9. The van der Waals surface area contributed by atoms with Crippen LogP contribution in [0.15, 0.2) is 47.6 Å². The van der Waals surface area contributed by atoms with Gasteiger partial charge < -0.3 is 14.9 Å². The van der Waals surface area contributed by atoms with Crippen molar-refractivity contribution in [1.29, 1.82) is 0 Å². The Morgan fingerprint density at radius 2 is 1.96 bits per heavy atom. The van der Waals surface area contributed by atoms with Crippen molar-refractivity contribution in [2.75, 3.05) is 18.5 Å². The van der Waals surface area contributed by atoms with Gasteiger partial charge in [-0.3, -0.25) is 4.79 Å². The zero-order chi connectivity index (χ0) is 17.4. The van der Waals surface area contributed by atoms with Crippen LogP contribution in [-0.2, 0) is 9.63 Å². The van der Waals surface area contributed by atoms with E-state index in [1.807, 2.05) is 6.92 Å². The van der Waals surface area contributed by atoms with Gasteiger partial charge in [0, 0.05) is 11.3 Å². The number of nitrogens with one attached hydrogen (secondary N) is 1. The maximum Gasteiger partial charge on any atom is 0.265 e. The lowest BCUT2D eigenvalue weighted by molar-refractivity contribution is -0.120. The first kappa shape index (κ1) is 18.1. The molecular weight excluding hydrogens is 351 g/mol. The second-order valence-corrected chi connectivity index (χ2v) is 5.44. The van der Waals surface area contributed by atoms with Gasteiger partial charge in [-0.1, -0.05) is 40.5 Å². The maximum atomic E-state index is 11.8. The normalized spacial score (nSPS) is 10.6. The number of ether oxygens (including phenoxy) is 1. The largest absolute Gasteiger partial charge is 0.494 e. The predicted octanol–water partition coefficient (Wildman–Crippen LogP) is 4.38. The predicted molar refractivity (Wildman–Crippen MR) is 96.2 cm³/mol. The van der Waals surface area contributed by atoms with Crippen LogP contribution in [-0.4, -0.2) is 25.3 Å². The van der Waals surface area contributed by atoms with Crippen molar-refractivity contribution in [1.82, 2.24) is 0 Å². The van der Waals surface area contributed by atoms with Crippen LogP contribution < -0.4 is 10.1 Å². The van der Waals surface area contributed by atoms with Crippen molar-refractivity contribution in [3.8, 4) is 5.75 Å². The molecule has 0 spiro atoms. The highest BCUT2D eigenvalue weighted by molar-refractivity contribution is 6.43. The van der Waals surface area contributed by atoms with E-state index in [1.54, 1.807) is 42.5 Å². The summed E-state index contributed by atoms with van der Waals surface area (Å²) in [6, 6.07) is 12.2. The Morgan fingerprint density at radius 3 is 2.67 bits per heavy atom. The molecule has 0 aromatic heterocycles. The number of hydrogen-bond acceptors (Lipinski definition) is 4. The number of carbonyl (C=O) groups is 1. The van der Waals surface area contributed by atoms with Crippen LogP contribution in [0.4, 0.5) is 5.69 Å². The Bertz CT molecular complexity index is 718. The lowest BCUT2D eigenvalue weighted by Crippen LogP contribution is -2.16. The van der Waals surface area contributed by atoms with Crippen molar-refractivity contribution < 1.29 is 14.4 Å². The summed E-state index contributed by atoms with van der Waals surface area (Å²) < 4.78 is 5.33. The van der Waals surface area contributed by atoms with E-state index >= 15 is 0 Å². The summed E-state index contributed by atoms with van der Waals surface area (Å²) in [5.41, 5.74) is 1.25. The Hall–Kier alpha value is -2.24. The van der Waals surface area contributed by atoms with Crippen molar-refractivity contribution in [2.45, 2.75) is 6.92 Å². The fourth-order valence-electron chi connectivity index (χ4n) is 1.81. The highest BCUT2D eigenvalue weighted by Crippen LogP contribution is 2.24. The van der Waals surface area contributed by atoms with Gasteiger partial charge in [-0.05, 0) is 37.3 Å². The summed E-state index contributed by atoms with van der Waals surface area (Å²) in [4.78, 5) is 16.7. The second kappa shape index (κ2) is 9.15. The molecule has 1 amide bonds. The highest BCUT2D eigenvalue weighted by atomic mass is 35.5. The number of carbonyl (C=O) groups excluding carboxylic acids is 1.